The molecule has 0 spiro atoms. The number of imide groups is 2. The topological polar surface area (TPSA) is 109 Å². The van der Waals surface area contributed by atoms with Crippen LogP contribution in [0.15, 0.2) is 58.7 Å². The first-order chi connectivity index (χ1) is 15.2. The lowest BCUT2D eigenvalue weighted by Gasteiger charge is -2.27. The molecule has 1 atom stereocenters. The molecule has 9 heteroatoms. The Morgan fingerprint density at radius 3 is 2.56 bits per heavy atom. The second kappa shape index (κ2) is 8.08. The molecule has 4 amide bonds. The van der Waals surface area contributed by atoms with E-state index in [1.807, 2.05) is 0 Å². The van der Waals surface area contributed by atoms with Crippen molar-refractivity contribution in [2.24, 2.45) is 0 Å². The van der Waals surface area contributed by atoms with Gasteiger partial charge in [-0.3, -0.25) is 14.9 Å². The average Bonchev–Trinajstić information content (AvgIpc) is 3.15. The summed E-state index contributed by atoms with van der Waals surface area (Å²) in [6.07, 6.45) is 3.10. The van der Waals surface area contributed by atoms with Crippen LogP contribution in [-0.2, 0) is 14.4 Å². The molecule has 1 aliphatic rings. The minimum atomic E-state index is -0.953. The van der Waals surface area contributed by atoms with Gasteiger partial charge in [0.2, 0.25) is 0 Å². The molecule has 1 aromatic heterocycles. The van der Waals surface area contributed by atoms with E-state index >= 15 is 0 Å². The number of hydrogen-bond acceptors (Lipinski definition) is 4. The molecule has 1 fully saturated rings. The molecule has 0 radical (unpaired) electrons. The van der Waals surface area contributed by atoms with Crippen molar-refractivity contribution >= 4 is 62.4 Å². The summed E-state index contributed by atoms with van der Waals surface area (Å²) in [6.45, 7) is 3.34. The van der Waals surface area contributed by atoms with Crippen LogP contribution in [0.2, 0.25) is 0 Å². The SMILES string of the molecule is Cc1cc(Br)ccc1N1C(=O)NC(=O)/C(=C\c2ccc3c(ccn3[C@H](C)C(=O)O)c2)C1=O. The number of carbonyl (C=O) groups excluding carboxylic acids is 3. The lowest BCUT2D eigenvalue weighted by Crippen LogP contribution is -2.54. The van der Waals surface area contributed by atoms with Crippen molar-refractivity contribution in [1.82, 2.24) is 9.88 Å². The number of aliphatic carboxylic acids is 1. The molecule has 0 saturated carbocycles. The fourth-order valence-corrected chi connectivity index (χ4v) is 4.12. The zero-order valence-corrected chi connectivity index (χ0v) is 18.7. The Bertz CT molecular complexity index is 1340. The van der Waals surface area contributed by atoms with Gasteiger partial charge in [-0.15, -0.1) is 0 Å². The highest BCUT2D eigenvalue weighted by atomic mass is 79.9. The zero-order valence-electron chi connectivity index (χ0n) is 17.1. The molecule has 2 aromatic carbocycles. The van der Waals surface area contributed by atoms with Crippen LogP contribution in [0.3, 0.4) is 0 Å². The number of barbiturate groups is 1. The second-order valence-corrected chi connectivity index (χ2v) is 8.36. The molecule has 1 saturated heterocycles. The first-order valence-electron chi connectivity index (χ1n) is 9.68. The van der Waals surface area contributed by atoms with Gasteiger partial charge in [0.15, 0.2) is 0 Å². The van der Waals surface area contributed by atoms with E-state index in [0.29, 0.717) is 22.3 Å². The van der Waals surface area contributed by atoms with Crippen LogP contribution in [0.4, 0.5) is 10.5 Å². The van der Waals surface area contributed by atoms with E-state index < -0.39 is 29.9 Å². The van der Waals surface area contributed by atoms with Crippen LogP contribution in [-0.4, -0.2) is 33.5 Å². The molecule has 0 bridgehead atoms. The van der Waals surface area contributed by atoms with Crippen molar-refractivity contribution in [2.45, 2.75) is 19.9 Å². The molecule has 0 aliphatic carbocycles. The van der Waals surface area contributed by atoms with Gasteiger partial charge in [-0.1, -0.05) is 22.0 Å². The molecule has 2 N–H and O–H groups in total. The number of carbonyl (C=O) groups is 4. The van der Waals surface area contributed by atoms with Crippen LogP contribution in [0.5, 0.6) is 0 Å². The highest BCUT2D eigenvalue weighted by molar-refractivity contribution is 9.10. The van der Waals surface area contributed by atoms with Gasteiger partial charge in [0.25, 0.3) is 11.8 Å². The lowest BCUT2D eigenvalue weighted by atomic mass is 10.0. The van der Waals surface area contributed by atoms with Crippen LogP contribution >= 0.6 is 15.9 Å². The Morgan fingerprint density at radius 1 is 1.12 bits per heavy atom. The molecular formula is C23H18BrN3O5. The molecular weight excluding hydrogens is 478 g/mol. The number of anilines is 1. The number of fused-ring (bicyclic) bond motifs is 1. The molecule has 0 unspecified atom stereocenters. The van der Waals surface area contributed by atoms with Crippen molar-refractivity contribution in [3.8, 4) is 0 Å². The minimum absolute atomic E-state index is 0.176. The number of rotatable bonds is 4. The predicted octanol–water partition coefficient (Wildman–Crippen LogP) is 4.02. The summed E-state index contributed by atoms with van der Waals surface area (Å²) in [7, 11) is 0. The number of urea groups is 1. The van der Waals surface area contributed by atoms with Crippen molar-refractivity contribution < 1.29 is 24.3 Å². The zero-order chi connectivity index (χ0) is 23.2. The van der Waals surface area contributed by atoms with Gasteiger partial charge in [-0.25, -0.2) is 14.5 Å². The maximum absolute atomic E-state index is 13.1. The third-order valence-electron chi connectivity index (χ3n) is 5.33. The van der Waals surface area contributed by atoms with Gasteiger partial charge >= 0.3 is 12.0 Å². The number of nitrogens with one attached hydrogen (secondary N) is 1. The Morgan fingerprint density at radius 2 is 1.88 bits per heavy atom. The van der Waals surface area contributed by atoms with Crippen molar-refractivity contribution in [2.75, 3.05) is 4.90 Å². The average molecular weight is 496 g/mol. The van der Waals surface area contributed by atoms with E-state index in [4.69, 9.17) is 0 Å². The molecule has 3 aromatic rings. The molecule has 8 nitrogen and oxygen atoms in total. The monoisotopic (exact) mass is 495 g/mol. The van der Waals surface area contributed by atoms with E-state index in [2.05, 4.69) is 21.2 Å². The second-order valence-electron chi connectivity index (χ2n) is 7.44. The van der Waals surface area contributed by atoms with Crippen LogP contribution in [0.25, 0.3) is 17.0 Å². The fraction of sp³-hybridized carbons (Fsp3) is 0.130. The number of benzene rings is 2. The molecule has 162 valence electrons. The Labute approximate surface area is 191 Å². The third kappa shape index (κ3) is 3.71. The fourth-order valence-electron chi connectivity index (χ4n) is 3.64. The largest absolute Gasteiger partial charge is 0.480 e. The molecule has 32 heavy (non-hydrogen) atoms. The van der Waals surface area contributed by atoms with Gasteiger partial charge in [0, 0.05) is 21.6 Å². The summed E-state index contributed by atoms with van der Waals surface area (Å²) < 4.78 is 2.43. The van der Waals surface area contributed by atoms with E-state index in [1.54, 1.807) is 67.1 Å². The highest BCUT2D eigenvalue weighted by Gasteiger charge is 2.37. The standard InChI is InChI=1S/C23H18BrN3O5/c1-12-9-16(24)4-6-18(12)27-21(29)17(20(28)25-23(27)32)11-14-3-5-19-15(10-14)7-8-26(19)13(2)22(30)31/h3-11,13H,1-2H3,(H,30,31)(H,25,28,32)/b17-11+/t13-/m1/s1. The summed E-state index contributed by atoms with van der Waals surface area (Å²) in [5.41, 5.74) is 2.17. The summed E-state index contributed by atoms with van der Waals surface area (Å²) >= 11 is 3.35. The summed E-state index contributed by atoms with van der Waals surface area (Å²) in [5, 5.41) is 12.2. The quantitative estimate of drug-likeness (QED) is 0.419. The number of nitrogens with zero attached hydrogens (tertiary/aromatic N) is 2. The minimum Gasteiger partial charge on any atom is -0.480 e. The first kappa shape index (κ1) is 21.5. The van der Waals surface area contributed by atoms with E-state index in [9.17, 15) is 24.3 Å². The number of halogens is 1. The van der Waals surface area contributed by atoms with E-state index in [0.717, 1.165) is 14.8 Å². The van der Waals surface area contributed by atoms with E-state index in [1.165, 1.54) is 6.08 Å². The Balaban J connectivity index is 1.73. The number of carboxylic acids is 1. The molecule has 4 rings (SSSR count). The number of aryl methyl sites for hydroxylation is 1. The van der Waals surface area contributed by atoms with Gasteiger partial charge < -0.3 is 9.67 Å². The van der Waals surface area contributed by atoms with Gasteiger partial charge in [0.1, 0.15) is 11.6 Å². The summed E-state index contributed by atoms with van der Waals surface area (Å²) in [5.74, 6) is -2.45. The lowest BCUT2D eigenvalue weighted by molar-refractivity contribution is -0.140. The number of aromatic nitrogens is 1. The number of amides is 4. The molecule has 2 heterocycles. The van der Waals surface area contributed by atoms with E-state index in [-0.39, 0.29) is 5.57 Å². The number of carboxylic acid groups (broad SMARTS) is 1. The summed E-state index contributed by atoms with van der Waals surface area (Å²) in [4.78, 5) is 50.2. The maximum atomic E-state index is 13.1. The maximum Gasteiger partial charge on any atom is 0.335 e. The Hall–Kier alpha value is -3.72. The van der Waals surface area contributed by atoms with Crippen LogP contribution in [0, 0.1) is 6.92 Å². The normalized spacial score (nSPS) is 16.5. The third-order valence-corrected chi connectivity index (χ3v) is 5.82. The first-order valence-corrected chi connectivity index (χ1v) is 10.5. The van der Waals surface area contributed by atoms with Crippen molar-refractivity contribution in [3.63, 3.8) is 0 Å². The Kier molecular flexibility index (Phi) is 5.43. The summed E-state index contributed by atoms with van der Waals surface area (Å²) in [6, 6.07) is 10.5. The smallest absolute Gasteiger partial charge is 0.335 e. The van der Waals surface area contributed by atoms with Gasteiger partial charge in [-0.05, 0) is 67.4 Å². The number of hydrogen-bond donors (Lipinski definition) is 2. The van der Waals surface area contributed by atoms with Crippen LogP contribution in [0.1, 0.15) is 24.1 Å². The molecule has 1 aliphatic heterocycles. The van der Waals surface area contributed by atoms with Crippen molar-refractivity contribution in [3.05, 3.63) is 69.8 Å². The predicted molar refractivity (Wildman–Crippen MR) is 122 cm³/mol. The van der Waals surface area contributed by atoms with Crippen molar-refractivity contribution in [1.29, 1.82) is 0 Å². The van der Waals surface area contributed by atoms with Gasteiger partial charge in [0.05, 0.1) is 5.69 Å². The van der Waals surface area contributed by atoms with Gasteiger partial charge in [-0.2, -0.15) is 0 Å². The highest BCUT2D eigenvalue weighted by Crippen LogP contribution is 2.28. The van der Waals surface area contributed by atoms with Crippen LogP contribution < -0.4 is 10.2 Å².